The zero-order valence-electron chi connectivity index (χ0n) is 10.1. The van der Waals surface area contributed by atoms with E-state index in [0.717, 1.165) is 4.41 Å². The lowest BCUT2D eigenvalue weighted by molar-refractivity contribution is 0.293. The van der Waals surface area contributed by atoms with Gasteiger partial charge in [0.05, 0.1) is 5.69 Å². The molecule has 0 amide bonds. The van der Waals surface area contributed by atoms with Crippen LogP contribution >= 0.6 is 27.5 Å². The summed E-state index contributed by atoms with van der Waals surface area (Å²) in [6.45, 7) is 3.49. The molecule has 1 heterocycles. The number of aromatic nitrogens is 1. The number of anilines is 1. The van der Waals surface area contributed by atoms with E-state index in [1.165, 1.54) is 13.2 Å². The predicted octanol–water partition coefficient (Wildman–Crippen LogP) is 2.00. The molecule has 0 saturated heterocycles. The van der Waals surface area contributed by atoms with E-state index in [2.05, 4.69) is 31.1 Å². The fourth-order valence-electron chi connectivity index (χ4n) is 1.34. The Morgan fingerprint density at radius 1 is 1.50 bits per heavy atom. The Bertz CT molecular complexity index is 523. The number of rotatable bonds is 5. The molecule has 0 bridgehead atoms. The Kier molecular flexibility index (Phi) is 5.35. The number of pyridine rings is 1. The van der Waals surface area contributed by atoms with Crippen LogP contribution in [0.15, 0.2) is 16.7 Å². The lowest BCUT2D eigenvalue weighted by atomic mass is 10.4. The van der Waals surface area contributed by atoms with Gasteiger partial charge in [0.1, 0.15) is 0 Å². The molecule has 1 aromatic heterocycles. The minimum absolute atomic E-state index is 0.0848. The first-order valence-corrected chi connectivity index (χ1v) is 7.69. The predicted molar refractivity (Wildman–Crippen MR) is 75.5 cm³/mol. The van der Waals surface area contributed by atoms with Gasteiger partial charge in [-0.2, -0.15) is 8.42 Å². The molecule has 1 aromatic rings. The molecular formula is C9H14BrClN4O2S. The van der Waals surface area contributed by atoms with Gasteiger partial charge in [0.15, 0.2) is 5.15 Å². The van der Waals surface area contributed by atoms with E-state index in [1.54, 1.807) is 19.9 Å². The van der Waals surface area contributed by atoms with Crippen LogP contribution in [0.1, 0.15) is 13.8 Å². The van der Waals surface area contributed by atoms with E-state index in [4.69, 9.17) is 11.6 Å². The third kappa shape index (κ3) is 3.79. The number of nitrogens with one attached hydrogen (secondary N) is 2. The number of nitrogens with zero attached hydrogens (tertiary/aromatic N) is 2. The van der Waals surface area contributed by atoms with Gasteiger partial charge in [0.2, 0.25) is 0 Å². The summed E-state index contributed by atoms with van der Waals surface area (Å²) < 4.78 is 28.3. The van der Waals surface area contributed by atoms with Crippen molar-refractivity contribution in [3.63, 3.8) is 0 Å². The van der Waals surface area contributed by atoms with Crippen LogP contribution in [0.25, 0.3) is 0 Å². The van der Waals surface area contributed by atoms with E-state index in [0.29, 0.717) is 4.47 Å². The normalized spacial score (nSPS) is 12.2. The van der Waals surface area contributed by atoms with Gasteiger partial charge in [0, 0.05) is 16.7 Å². The minimum Gasteiger partial charge on any atom is -0.267 e. The van der Waals surface area contributed by atoms with Crippen LogP contribution in [0.3, 0.4) is 0 Å². The molecule has 18 heavy (non-hydrogen) atoms. The zero-order valence-corrected chi connectivity index (χ0v) is 13.3. The standard InChI is InChI=1S/C9H14BrClN4O2S/c1-6(2)15(12-3)18(16,17)14-8-4-7(10)5-13-9(8)11/h4-6,12,14H,1-3H3. The zero-order chi connectivity index (χ0) is 13.9. The molecule has 0 aromatic carbocycles. The van der Waals surface area contributed by atoms with Crippen molar-refractivity contribution in [2.24, 2.45) is 0 Å². The van der Waals surface area contributed by atoms with Crippen molar-refractivity contribution < 1.29 is 8.42 Å². The quantitative estimate of drug-likeness (QED) is 0.624. The molecule has 2 N–H and O–H groups in total. The van der Waals surface area contributed by atoms with E-state index in [-0.39, 0.29) is 16.9 Å². The molecule has 6 nitrogen and oxygen atoms in total. The summed E-state index contributed by atoms with van der Waals surface area (Å²) in [5.74, 6) is 0. The molecule has 9 heteroatoms. The molecule has 0 aliphatic heterocycles. The highest BCUT2D eigenvalue weighted by atomic mass is 79.9. The maximum Gasteiger partial charge on any atom is 0.314 e. The van der Waals surface area contributed by atoms with Gasteiger partial charge in [-0.15, -0.1) is 4.41 Å². The Balaban J connectivity index is 3.05. The Labute approximate surface area is 120 Å². The van der Waals surface area contributed by atoms with Crippen molar-refractivity contribution in [2.45, 2.75) is 19.9 Å². The van der Waals surface area contributed by atoms with Crippen LogP contribution in [0, 0.1) is 0 Å². The van der Waals surface area contributed by atoms with Crippen molar-refractivity contribution in [1.29, 1.82) is 0 Å². The third-order valence-electron chi connectivity index (χ3n) is 1.99. The SMILES string of the molecule is CNN(C(C)C)S(=O)(=O)Nc1cc(Br)cnc1Cl. The number of hydrazine groups is 1. The summed E-state index contributed by atoms with van der Waals surface area (Å²) in [5.41, 5.74) is 2.82. The maximum absolute atomic E-state index is 12.1. The summed E-state index contributed by atoms with van der Waals surface area (Å²) in [6, 6.07) is 1.30. The second kappa shape index (κ2) is 6.16. The van der Waals surface area contributed by atoms with Crippen molar-refractivity contribution in [3.05, 3.63) is 21.9 Å². The van der Waals surface area contributed by atoms with Gasteiger partial charge in [-0.05, 0) is 42.9 Å². The largest absolute Gasteiger partial charge is 0.314 e. The van der Waals surface area contributed by atoms with Gasteiger partial charge in [-0.1, -0.05) is 11.6 Å². The van der Waals surface area contributed by atoms with Crippen molar-refractivity contribution >= 4 is 43.4 Å². The fourth-order valence-corrected chi connectivity index (χ4v) is 3.20. The van der Waals surface area contributed by atoms with Crippen LogP contribution in [0.4, 0.5) is 5.69 Å². The first kappa shape index (κ1) is 15.6. The van der Waals surface area contributed by atoms with Gasteiger partial charge in [-0.25, -0.2) is 10.4 Å². The van der Waals surface area contributed by atoms with Crippen LogP contribution in [0.5, 0.6) is 0 Å². The maximum atomic E-state index is 12.1. The van der Waals surface area contributed by atoms with Crippen molar-refractivity contribution in [3.8, 4) is 0 Å². The summed E-state index contributed by atoms with van der Waals surface area (Å²) >= 11 is 9.03. The topological polar surface area (TPSA) is 74.3 Å². The summed E-state index contributed by atoms with van der Waals surface area (Å²) in [5, 5.41) is 0.0848. The number of halogens is 2. The molecule has 0 aliphatic rings. The average molecular weight is 358 g/mol. The summed E-state index contributed by atoms with van der Waals surface area (Å²) in [4.78, 5) is 3.85. The first-order valence-electron chi connectivity index (χ1n) is 5.08. The molecule has 0 spiro atoms. The van der Waals surface area contributed by atoms with E-state index < -0.39 is 10.2 Å². The van der Waals surface area contributed by atoms with Crippen LogP contribution in [-0.4, -0.2) is 30.9 Å². The van der Waals surface area contributed by atoms with E-state index in [9.17, 15) is 8.42 Å². The number of hydrogen-bond acceptors (Lipinski definition) is 4. The molecular weight excluding hydrogens is 344 g/mol. The van der Waals surface area contributed by atoms with Crippen molar-refractivity contribution in [2.75, 3.05) is 11.8 Å². The lowest BCUT2D eigenvalue weighted by Gasteiger charge is -2.25. The monoisotopic (exact) mass is 356 g/mol. The molecule has 0 atom stereocenters. The van der Waals surface area contributed by atoms with Gasteiger partial charge < -0.3 is 0 Å². The Morgan fingerprint density at radius 2 is 2.11 bits per heavy atom. The van der Waals surface area contributed by atoms with Gasteiger partial charge in [0.25, 0.3) is 0 Å². The molecule has 0 aliphatic carbocycles. The molecule has 0 radical (unpaired) electrons. The van der Waals surface area contributed by atoms with Gasteiger partial charge >= 0.3 is 10.2 Å². The number of hydrogen-bond donors (Lipinski definition) is 2. The highest BCUT2D eigenvalue weighted by molar-refractivity contribution is 9.10. The van der Waals surface area contributed by atoms with Gasteiger partial charge in [-0.3, -0.25) is 4.72 Å². The van der Waals surface area contributed by atoms with Crippen LogP contribution in [0.2, 0.25) is 5.15 Å². The van der Waals surface area contributed by atoms with E-state index in [1.807, 2.05) is 0 Å². The second-order valence-electron chi connectivity index (χ2n) is 3.71. The van der Waals surface area contributed by atoms with Crippen LogP contribution < -0.4 is 10.1 Å². The first-order chi connectivity index (χ1) is 8.27. The second-order valence-corrected chi connectivity index (χ2v) is 6.53. The molecule has 0 unspecified atom stereocenters. The van der Waals surface area contributed by atoms with Crippen molar-refractivity contribution in [1.82, 2.24) is 14.8 Å². The third-order valence-corrected chi connectivity index (χ3v) is 4.33. The molecule has 0 saturated carbocycles. The smallest absolute Gasteiger partial charge is 0.267 e. The lowest BCUT2D eigenvalue weighted by Crippen LogP contribution is -2.47. The minimum atomic E-state index is -3.74. The Hall–Kier alpha value is -0.410. The molecule has 1 rings (SSSR count). The summed E-state index contributed by atoms with van der Waals surface area (Å²) in [6.07, 6.45) is 1.48. The highest BCUT2D eigenvalue weighted by Gasteiger charge is 2.24. The molecule has 0 fully saturated rings. The Morgan fingerprint density at radius 3 is 2.61 bits per heavy atom. The van der Waals surface area contributed by atoms with E-state index >= 15 is 0 Å². The van der Waals surface area contributed by atoms with Crippen LogP contribution in [-0.2, 0) is 10.2 Å². The fraction of sp³-hybridized carbons (Fsp3) is 0.444. The highest BCUT2D eigenvalue weighted by Crippen LogP contribution is 2.24. The molecule has 102 valence electrons. The summed E-state index contributed by atoms with van der Waals surface area (Å²) in [7, 11) is -2.21. The average Bonchev–Trinajstić information content (AvgIpc) is 2.22.